The number of nitrogens with zero attached hydrogens (tertiary/aromatic N) is 1. The minimum atomic E-state index is -0.239. The number of likely N-dealkylation sites (tertiary alicyclic amines) is 1. The van der Waals surface area contributed by atoms with E-state index in [-0.39, 0.29) is 23.9 Å². The van der Waals surface area contributed by atoms with Crippen molar-refractivity contribution < 1.29 is 9.59 Å². The Hall–Kier alpha value is -1.88. The summed E-state index contributed by atoms with van der Waals surface area (Å²) in [5.41, 5.74) is 1.10. The van der Waals surface area contributed by atoms with Crippen molar-refractivity contribution in [2.24, 2.45) is 5.92 Å². The molecule has 1 saturated heterocycles. The molecule has 2 rings (SSSR count). The maximum absolute atomic E-state index is 12.3. The predicted molar refractivity (Wildman–Crippen MR) is 95.3 cm³/mol. The molecule has 0 bridgehead atoms. The fourth-order valence-corrected chi connectivity index (χ4v) is 3.29. The first-order valence-electron chi connectivity index (χ1n) is 8.84. The van der Waals surface area contributed by atoms with Gasteiger partial charge < -0.3 is 15.5 Å². The molecule has 1 heterocycles. The monoisotopic (exact) mass is 331 g/mol. The van der Waals surface area contributed by atoms with Gasteiger partial charge in [0.05, 0.1) is 6.04 Å². The Morgan fingerprint density at radius 3 is 2.62 bits per heavy atom. The van der Waals surface area contributed by atoms with Crippen LogP contribution in [-0.2, 0) is 16.1 Å². The highest BCUT2D eigenvalue weighted by Gasteiger charge is 2.30. The van der Waals surface area contributed by atoms with Crippen LogP contribution in [0.2, 0.25) is 0 Å². The van der Waals surface area contributed by atoms with Crippen LogP contribution in [0.25, 0.3) is 0 Å². The maximum Gasteiger partial charge on any atom is 0.237 e. The first kappa shape index (κ1) is 18.5. The molecule has 0 unspecified atom stereocenters. The summed E-state index contributed by atoms with van der Waals surface area (Å²) in [4.78, 5) is 25.8. The van der Waals surface area contributed by atoms with Gasteiger partial charge in [-0.1, -0.05) is 43.7 Å². The normalized spacial score (nSPS) is 22.0. The molecule has 0 aliphatic carbocycles. The van der Waals surface area contributed by atoms with Crippen molar-refractivity contribution >= 4 is 11.8 Å². The minimum absolute atomic E-state index is 0.0164. The Morgan fingerprint density at radius 2 is 2.00 bits per heavy atom. The molecule has 0 saturated carbocycles. The molecule has 1 aromatic carbocycles. The second-order valence-corrected chi connectivity index (χ2v) is 6.62. The van der Waals surface area contributed by atoms with Crippen LogP contribution in [0.3, 0.4) is 0 Å². The average Bonchev–Trinajstić information content (AvgIpc) is 2.60. The summed E-state index contributed by atoms with van der Waals surface area (Å²) in [6, 6.07) is 9.95. The summed E-state index contributed by atoms with van der Waals surface area (Å²) in [5, 5.41) is 6.45. The molecule has 1 aromatic rings. The number of benzene rings is 1. The van der Waals surface area contributed by atoms with E-state index in [0.29, 0.717) is 12.5 Å². The summed E-state index contributed by atoms with van der Waals surface area (Å²) in [5.74, 6) is 0.551. The lowest BCUT2D eigenvalue weighted by atomic mass is 9.89. The molecule has 0 spiro atoms. The van der Waals surface area contributed by atoms with Gasteiger partial charge in [-0.05, 0) is 24.8 Å². The van der Waals surface area contributed by atoms with E-state index >= 15 is 0 Å². The molecular formula is C19H29N3O2. The van der Waals surface area contributed by atoms with Crippen molar-refractivity contribution in [3.63, 3.8) is 0 Å². The van der Waals surface area contributed by atoms with E-state index in [1.807, 2.05) is 42.2 Å². The largest absolute Gasteiger partial charge is 0.351 e. The third kappa shape index (κ3) is 5.06. The summed E-state index contributed by atoms with van der Waals surface area (Å²) >= 11 is 0. The number of carbonyl (C=O) groups is 2. The number of piperidine rings is 1. The standard InChI is InChI=1S/C19H29N3O2/c1-4-17-13-22(15(3)23)11-10-18(17)21-14(2)19(24)20-12-16-8-6-5-7-9-16/h5-9,14,17-18,21H,4,10-13H2,1-3H3,(H,20,24)/t14-,17-,18-/m1/s1. The van der Waals surface area contributed by atoms with Crippen LogP contribution in [0.15, 0.2) is 30.3 Å². The number of nitrogens with one attached hydrogen (secondary N) is 2. The van der Waals surface area contributed by atoms with Gasteiger partial charge in [-0.3, -0.25) is 9.59 Å². The quantitative estimate of drug-likeness (QED) is 0.837. The van der Waals surface area contributed by atoms with Crippen LogP contribution in [-0.4, -0.2) is 41.9 Å². The van der Waals surface area contributed by atoms with Crippen molar-refractivity contribution in [3.8, 4) is 0 Å². The number of hydrogen-bond acceptors (Lipinski definition) is 3. The average molecular weight is 331 g/mol. The van der Waals surface area contributed by atoms with E-state index in [0.717, 1.165) is 31.5 Å². The summed E-state index contributed by atoms with van der Waals surface area (Å²) in [6.07, 6.45) is 1.90. The van der Waals surface area contributed by atoms with Gasteiger partial charge in [0.25, 0.3) is 0 Å². The smallest absolute Gasteiger partial charge is 0.237 e. The van der Waals surface area contributed by atoms with Gasteiger partial charge in [0.2, 0.25) is 11.8 Å². The molecule has 0 aromatic heterocycles. The van der Waals surface area contributed by atoms with Gasteiger partial charge in [0.1, 0.15) is 0 Å². The zero-order chi connectivity index (χ0) is 17.5. The van der Waals surface area contributed by atoms with Gasteiger partial charge in [0, 0.05) is 32.6 Å². The Bertz CT molecular complexity index is 547. The molecular weight excluding hydrogens is 302 g/mol. The van der Waals surface area contributed by atoms with E-state index in [1.165, 1.54) is 0 Å². The molecule has 5 nitrogen and oxygen atoms in total. The number of amides is 2. The van der Waals surface area contributed by atoms with E-state index < -0.39 is 0 Å². The second kappa shape index (κ2) is 8.83. The third-order valence-corrected chi connectivity index (χ3v) is 4.87. The molecule has 1 fully saturated rings. The number of rotatable bonds is 6. The molecule has 0 radical (unpaired) electrons. The van der Waals surface area contributed by atoms with Crippen LogP contribution in [0, 0.1) is 5.92 Å². The van der Waals surface area contributed by atoms with E-state index in [1.54, 1.807) is 6.92 Å². The Balaban J connectivity index is 1.83. The molecule has 24 heavy (non-hydrogen) atoms. The summed E-state index contributed by atoms with van der Waals surface area (Å²) in [6.45, 7) is 7.77. The van der Waals surface area contributed by atoms with Crippen LogP contribution < -0.4 is 10.6 Å². The van der Waals surface area contributed by atoms with Crippen molar-refractivity contribution in [2.45, 2.75) is 52.2 Å². The van der Waals surface area contributed by atoms with Crippen molar-refractivity contribution in [1.82, 2.24) is 15.5 Å². The van der Waals surface area contributed by atoms with Crippen molar-refractivity contribution in [2.75, 3.05) is 13.1 Å². The lowest BCUT2D eigenvalue weighted by molar-refractivity contribution is -0.131. The third-order valence-electron chi connectivity index (χ3n) is 4.87. The fraction of sp³-hybridized carbons (Fsp3) is 0.579. The second-order valence-electron chi connectivity index (χ2n) is 6.62. The molecule has 2 amide bonds. The molecule has 5 heteroatoms. The molecule has 1 aliphatic rings. The van der Waals surface area contributed by atoms with Gasteiger partial charge in [-0.2, -0.15) is 0 Å². The van der Waals surface area contributed by atoms with Gasteiger partial charge in [0.15, 0.2) is 0 Å². The molecule has 2 N–H and O–H groups in total. The SMILES string of the molecule is CC[C@@H]1CN(C(C)=O)CC[C@H]1N[C@H](C)C(=O)NCc1ccccc1. The van der Waals surface area contributed by atoms with Crippen molar-refractivity contribution in [3.05, 3.63) is 35.9 Å². The zero-order valence-electron chi connectivity index (χ0n) is 14.9. The molecule has 3 atom stereocenters. The Kier molecular flexibility index (Phi) is 6.79. The van der Waals surface area contributed by atoms with E-state index in [2.05, 4.69) is 17.6 Å². The van der Waals surface area contributed by atoms with Crippen molar-refractivity contribution in [1.29, 1.82) is 0 Å². The number of hydrogen-bond donors (Lipinski definition) is 2. The molecule has 1 aliphatic heterocycles. The van der Waals surface area contributed by atoms with E-state index in [9.17, 15) is 9.59 Å². The summed E-state index contributed by atoms with van der Waals surface area (Å²) < 4.78 is 0. The topological polar surface area (TPSA) is 61.4 Å². The Labute approximate surface area is 144 Å². The van der Waals surface area contributed by atoms with Gasteiger partial charge >= 0.3 is 0 Å². The lowest BCUT2D eigenvalue weighted by Crippen LogP contribution is -2.55. The van der Waals surface area contributed by atoms with Crippen LogP contribution >= 0.6 is 0 Å². The van der Waals surface area contributed by atoms with Crippen LogP contribution in [0.4, 0.5) is 0 Å². The van der Waals surface area contributed by atoms with Gasteiger partial charge in [-0.25, -0.2) is 0 Å². The first-order valence-corrected chi connectivity index (χ1v) is 8.84. The highest BCUT2D eigenvalue weighted by Crippen LogP contribution is 2.20. The van der Waals surface area contributed by atoms with E-state index in [4.69, 9.17) is 0 Å². The Morgan fingerprint density at radius 1 is 1.29 bits per heavy atom. The van der Waals surface area contributed by atoms with Gasteiger partial charge in [-0.15, -0.1) is 0 Å². The highest BCUT2D eigenvalue weighted by molar-refractivity contribution is 5.81. The summed E-state index contributed by atoms with van der Waals surface area (Å²) in [7, 11) is 0. The minimum Gasteiger partial charge on any atom is -0.351 e. The van der Waals surface area contributed by atoms with Crippen LogP contribution in [0.5, 0.6) is 0 Å². The fourth-order valence-electron chi connectivity index (χ4n) is 3.29. The highest BCUT2D eigenvalue weighted by atomic mass is 16.2. The molecule has 132 valence electrons. The number of carbonyl (C=O) groups excluding carboxylic acids is 2. The first-order chi connectivity index (χ1) is 11.5. The van der Waals surface area contributed by atoms with Crippen LogP contribution in [0.1, 0.15) is 39.2 Å². The maximum atomic E-state index is 12.3. The lowest BCUT2D eigenvalue weighted by Gasteiger charge is -2.39. The predicted octanol–water partition coefficient (Wildman–Crippen LogP) is 1.93. The zero-order valence-corrected chi connectivity index (χ0v) is 14.9.